The van der Waals surface area contributed by atoms with Crippen molar-refractivity contribution in [3.63, 3.8) is 0 Å². The molecule has 82 heavy (non-hydrogen) atoms. The molecule has 0 saturated heterocycles. The zero-order chi connectivity index (χ0) is 58.1. The Morgan fingerprint density at radius 2 is 1.02 bits per heavy atom. The molecule has 0 atom stereocenters. The van der Waals surface area contributed by atoms with Gasteiger partial charge in [0.25, 0.3) is 0 Å². The van der Waals surface area contributed by atoms with Crippen molar-refractivity contribution in [1.82, 2.24) is 4.98 Å². The molecule has 0 N–H and O–H groups in total. The number of esters is 6. The summed E-state index contributed by atoms with van der Waals surface area (Å²) in [5.41, 5.74) is 1.77. The minimum absolute atomic E-state index is 0.00997. The Bertz CT molecular complexity index is 2960. The van der Waals surface area contributed by atoms with Gasteiger partial charge in [0.2, 0.25) is 5.13 Å². The van der Waals surface area contributed by atoms with Crippen LogP contribution in [-0.2, 0) is 38.2 Å². The van der Waals surface area contributed by atoms with Gasteiger partial charge in [-0.25, -0.2) is 19.6 Å². The van der Waals surface area contributed by atoms with Crippen LogP contribution in [0, 0.1) is 23.7 Å². The van der Waals surface area contributed by atoms with E-state index in [-0.39, 0.29) is 47.6 Å². The molecule has 7 rings (SSSR count). The molecule has 2 aliphatic carbocycles. The molecule has 5 aromatic rings. The predicted molar refractivity (Wildman–Crippen MR) is 312 cm³/mol. The van der Waals surface area contributed by atoms with Gasteiger partial charge in [0.1, 0.15) is 34.5 Å². The van der Waals surface area contributed by atoms with Gasteiger partial charge in [-0.05, 0) is 194 Å². The molecule has 434 valence electrons. The Kier molecular flexibility index (Phi) is 24.3. The second kappa shape index (κ2) is 32.4. The van der Waals surface area contributed by atoms with Gasteiger partial charge in [-0.1, -0.05) is 43.2 Å². The van der Waals surface area contributed by atoms with Crippen molar-refractivity contribution >= 4 is 68.7 Å². The number of rotatable bonds is 31. The van der Waals surface area contributed by atoms with Gasteiger partial charge in [-0.15, -0.1) is 0 Å². The summed E-state index contributed by atoms with van der Waals surface area (Å²) in [6, 6.07) is 26.4. The van der Waals surface area contributed by atoms with Crippen molar-refractivity contribution in [2.75, 3.05) is 31.4 Å². The van der Waals surface area contributed by atoms with E-state index in [0.29, 0.717) is 117 Å². The zero-order valence-corrected chi connectivity index (χ0v) is 47.5. The lowest BCUT2D eigenvalue weighted by atomic mass is 9.80. The average Bonchev–Trinajstić information content (AvgIpc) is 4.15. The van der Waals surface area contributed by atoms with Gasteiger partial charge >= 0.3 is 35.8 Å². The van der Waals surface area contributed by atoms with Crippen LogP contribution < -0.4 is 33.4 Å². The third-order valence-corrected chi connectivity index (χ3v) is 15.1. The van der Waals surface area contributed by atoms with Crippen molar-refractivity contribution in [2.45, 2.75) is 116 Å². The molecular formula is C64H73N3O14S. The number of carbonyl (C=O) groups is 6. The van der Waals surface area contributed by atoms with Crippen molar-refractivity contribution in [2.24, 2.45) is 28.8 Å². The summed E-state index contributed by atoms with van der Waals surface area (Å²) in [5.74, 6) is -0.919. The fourth-order valence-electron chi connectivity index (χ4n) is 9.50. The normalized spacial score (nSPS) is 16.7. The number of ether oxygens (including phenoxy) is 8. The van der Waals surface area contributed by atoms with Crippen LogP contribution in [0.1, 0.15) is 122 Å². The highest BCUT2D eigenvalue weighted by Crippen LogP contribution is 2.36. The predicted octanol–water partition coefficient (Wildman–Crippen LogP) is 13.0. The minimum atomic E-state index is -0.454. The summed E-state index contributed by atoms with van der Waals surface area (Å²) in [6.07, 6.45) is 15.1. The molecule has 1 heterocycles. The van der Waals surface area contributed by atoms with Gasteiger partial charge in [0.15, 0.2) is 0 Å². The number of thiazole rings is 1. The van der Waals surface area contributed by atoms with Crippen LogP contribution in [0.4, 0.5) is 5.13 Å². The van der Waals surface area contributed by atoms with E-state index < -0.39 is 29.8 Å². The van der Waals surface area contributed by atoms with Crippen LogP contribution >= 0.6 is 11.3 Å². The zero-order valence-electron chi connectivity index (χ0n) is 46.6. The highest BCUT2D eigenvalue weighted by molar-refractivity contribution is 7.22. The number of hydrogen-bond acceptors (Lipinski definition) is 18. The van der Waals surface area contributed by atoms with Crippen LogP contribution in [-0.4, -0.2) is 73.4 Å². The van der Waals surface area contributed by atoms with Crippen molar-refractivity contribution in [3.05, 3.63) is 134 Å². The number of hydrazone groups is 1. The highest BCUT2D eigenvalue weighted by Gasteiger charge is 2.33. The lowest BCUT2D eigenvalue weighted by Crippen LogP contribution is -2.30. The van der Waals surface area contributed by atoms with E-state index >= 15 is 0 Å². The Labute approximate surface area is 483 Å². The minimum Gasteiger partial charge on any atom is -0.494 e. The SMILES string of the molecule is C=CC(=O)OCCCCCCOc1ccc(OC(=O)C2CCC(CC(=O)Oc3ccc(OC(=O)C4CCC(C(=O)Oc5ccc(OCCCCCCOC(=O)C=C)cc5)CC4)cc3/C=N/N(C(=C)C)c3nc4ccccc4s3)CC2)cc1. The second-order valence-electron chi connectivity index (χ2n) is 20.4. The smallest absolute Gasteiger partial charge is 0.330 e. The fraction of sp³-hybridized carbons (Fsp3) is 0.406. The quantitative estimate of drug-likeness (QED) is 0.0101. The van der Waals surface area contributed by atoms with Crippen LogP contribution in [0.3, 0.4) is 0 Å². The van der Waals surface area contributed by atoms with Gasteiger partial charge < -0.3 is 37.9 Å². The largest absolute Gasteiger partial charge is 0.494 e. The Morgan fingerprint density at radius 1 is 0.573 bits per heavy atom. The van der Waals surface area contributed by atoms with E-state index in [4.69, 9.17) is 48.0 Å². The molecule has 2 saturated carbocycles. The molecule has 0 amide bonds. The molecule has 0 radical (unpaired) electrons. The fourth-order valence-corrected chi connectivity index (χ4v) is 10.5. The molecule has 0 unspecified atom stereocenters. The molecule has 2 aliphatic rings. The molecule has 0 aliphatic heterocycles. The number of unbranched alkanes of at least 4 members (excludes halogenated alkanes) is 6. The second-order valence-corrected chi connectivity index (χ2v) is 21.4. The number of allylic oxidation sites excluding steroid dienone is 1. The summed E-state index contributed by atoms with van der Waals surface area (Å²) >= 11 is 1.44. The number of para-hydroxylation sites is 1. The standard InChI is InChI=1S/C64H73N3O14S/c1-5-58(68)76-39-15-9-7-13-37-74-50-27-31-52(32-28-50)78-61(71)46-21-19-45(20-22-46)41-60(70)81-56-36-35-54(42-49(56)43-65-67(44(3)4)64-66-55-17-11-12-18-57(55)82-64)80-63(73)48-25-23-47(24-26-48)62(72)79-53-33-29-51(30-34-53)75-38-14-8-10-16-40-77-59(69)6-2/h5-6,11-12,17-18,27-36,42-43,45-48H,1-3,7-10,13-16,19-26,37-41H2,4H3/b65-43+. The highest BCUT2D eigenvalue weighted by atomic mass is 32.1. The molecule has 4 aromatic carbocycles. The third kappa shape index (κ3) is 19.8. The van der Waals surface area contributed by atoms with Gasteiger partial charge in [-0.2, -0.15) is 5.10 Å². The van der Waals surface area contributed by atoms with E-state index in [1.54, 1.807) is 78.7 Å². The average molecular weight is 1140 g/mol. The van der Waals surface area contributed by atoms with E-state index in [9.17, 15) is 28.8 Å². The monoisotopic (exact) mass is 1140 g/mol. The van der Waals surface area contributed by atoms with Crippen LogP contribution in [0.5, 0.6) is 34.5 Å². The van der Waals surface area contributed by atoms with Crippen LogP contribution in [0.25, 0.3) is 10.2 Å². The number of fused-ring (bicyclic) bond motifs is 1. The number of benzene rings is 4. The summed E-state index contributed by atoms with van der Waals surface area (Å²) in [7, 11) is 0. The molecular weight excluding hydrogens is 1070 g/mol. The lowest BCUT2D eigenvalue weighted by Gasteiger charge is -2.26. The summed E-state index contributed by atoms with van der Waals surface area (Å²) in [6.45, 7) is 14.5. The van der Waals surface area contributed by atoms with E-state index in [1.807, 2.05) is 24.3 Å². The van der Waals surface area contributed by atoms with Crippen LogP contribution in [0.15, 0.2) is 134 Å². The summed E-state index contributed by atoms with van der Waals surface area (Å²) < 4.78 is 46.0. The topological polar surface area (TPSA) is 205 Å². The first-order valence-corrected chi connectivity index (χ1v) is 29.0. The first-order chi connectivity index (χ1) is 39.8. The van der Waals surface area contributed by atoms with E-state index in [0.717, 1.165) is 73.7 Å². The van der Waals surface area contributed by atoms with Gasteiger partial charge in [0, 0.05) is 29.8 Å². The van der Waals surface area contributed by atoms with E-state index in [1.165, 1.54) is 17.6 Å². The molecule has 2 fully saturated rings. The lowest BCUT2D eigenvalue weighted by molar-refractivity contribution is -0.145. The summed E-state index contributed by atoms with van der Waals surface area (Å²) in [5, 5.41) is 6.91. The summed E-state index contributed by atoms with van der Waals surface area (Å²) in [4.78, 5) is 80.8. The Morgan fingerprint density at radius 3 is 1.51 bits per heavy atom. The van der Waals surface area contributed by atoms with Crippen molar-refractivity contribution < 1.29 is 66.7 Å². The van der Waals surface area contributed by atoms with Crippen LogP contribution in [0.2, 0.25) is 0 Å². The van der Waals surface area contributed by atoms with Crippen molar-refractivity contribution in [1.29, 1.82) is 0 Å². The first kappa shape index (κ1) is 61.5. The van der Waals surface area contributed by atoms with Gasteiger partial charge in [-0.3, -0.25) is 19.2 Å². The molecule has 1 aromatic heterocycles. The maximum absolute atomic E-state index is 13.7. The third-order valence-electron chi connectivity index (χ3n) is 14.1. The number of carbonyl (C=O) groups excluding carboxylic acids is 6. The maximum Gasteiger partial charge on any atom is 0.330 e. The molecule has 0 bridgehead atoms. The first-order valence-electron chi connectivity index (χ1n) is 28.2. The van der Waals surface area contributed by atoms with E-state index in [2.05, 4.69) is 19.7 Å². The number of aromatic nitrogens is 1. The number of nitrogens with zero attached hydrogens (tertiary/aromatic N) is 3. The molecule has 18 heteroatoms. The number of anilines is 1. The molecule has 0 spiro atoms. The van der Waals surface area contributed by atoms with Gasteiger partial charge in [0.05, 0.1) is 60.6 Å². The number of hydrogen-bond donors (Lipinski definition) is 0. The van der Waals surface area contributed by atoms with Crippen molar-refractivity contribution in [3.8, 4) is 34.5 Å². The molecule has 17 nitrogen and oxygen atoms in total. The maximum atomic E-state index is 13.7. The Balaban J connectivity index is 0.876. The Hall–Kier alpha value is -8.12.